The Morgan fingerprint density at radius 1 is 1.37 bits per heavy atom. The van der Waals surface area contributed by atoms with Gasteiger partial charge >= 0.3 is 0 Å². The fraction of sp³-hybridized carbons (Fsp3) is 0.167. The molecule has 0 aromatic carbocycles. The van der Waals surface area contributed by atoms with Gasteiger partial charge in [-0.2, -0.15) is 4.98 Å². The maximum Gasteiger partial charge on any atom is 0.276 e. The van der Waals surface area contributed by atoms with Crippen LogP contribution in [0.15, 0.2) is 24.4 Å². The molecular weight excluding hydrogens is 246 g/mol. The van der Waals surface area contributed by atoms with Crippen LogP contribution in [-0.4, -0.2) is 28.0 Å². The minimum atomic E-state index is -0.431. The van der Waals surface area contributed by atoms with Gasteiger partial charge in [-0.3, -0.25) is 15.1 Å². The van der Waals surface area contributed by atoms with Gasteiger partial charge in [0.2, 0.25) is 11.8 Å². The highest BCUT2D eigenvalue weighted by atomic mass is 16.5. The molecule has 0 fully saturated rings. The molecule has 0 radical (unpaired) electrons. The molecule has 0 aliphatic rings. The number of aryl methyl sites for hydroxylation is 1. The maximum atomic E-state index is 11.9. The quantitative estimate of drug-likeness (QED) is 0.853. The number of methoxy groups -OCH3 is 1. The molecule has 0 spiro atoms. The van der Waals surface area contributed by atoms with Crippen molar-refractivity contribution >= 4 is 17.5 Å². The number of rotatable bonds is 3. The average Bonchev–Trinajstić information content (AvgIpc) is 2.38. The molecular formula is C12H13N5O2. The van der Waals surface area contributed by atoms with Crippen molar-refractivity contribution in [2.75, 3.05) is 18.2 Å². The molecule has 0 saturated heterocycles. The number of nitrogens with zero attached hydrogens (tertiary/aromatic N) is 3. The van der Waals surface area contributed by atoms with Crippen LogP contribution >= 0.6 is 0 Å². The molecule has 7 nitrogen and oxygen atoms in total. The van der Waals surface area contributed by atoms with E-state index in [1.807, 2.05) is 0 Å². The van der Waals surface area contributed by atoms with E-state index >= 15 is 0 Å². The summed E-state index contributed by atoms with van der Waals surface area (Å²) in [7, 11) is 1.49. The molecule has 98 valence electrons. The van der Waals surface area contributed by atoms with E-state index in [1.165, 1.54) is 19.4 Å². The lowest BCUT2D eigenvalue weighted by molar-refractivity contribution is 0.102. The summed E-state index contributed by atoms with van der Waals surface area (Å²) < 4.78 is 5.00. The summed E-state index contributed by atoms with van der Waals surface area (Å²) in [5.74, 6) is 0.106. The number of hydrogen-bond donors (Lipinski definition) is 2. The highest BCUT2D eigenvalue weighted by molar-refractivity contribution is 6.02. The lowest BCUT2D eigenvalue weighted by atomic mass is 10.3. The Hall–Kier alpha value is -2.70. The molecule has 1 amide bonds. The van der Waals surface area contributed by atoms with Gasteiger partial charge in [0.1, 0.15) is 5.69 Å². The molecule has 0 aliphatic heterocycles. The van der Waals surface area contributed by atoms with Crippen molar-refractivity contribution in [1.29, 1.82) is 0 Å². The number of amides is 1. The number of carbonyl (C=O) groups is 1. The summed E-state index contributed by atoms with van der Waals surface area (Å²) in [6.45, 7) is 1.78. The molecule has 2 heterocycles. The topological polar surface area (TPSA) is 103 Å². The third kappa shape index (κ3) is 3.15. The number of carbonyl (C=O) groups excluding carboxylic acids is 1. The van der Waals surface area contributed by atoms with E-state index < -0.39 is 5.91 Å². The second-order valence-electron chi connectivity index (χ2n) is 3.80. The summed E-state index contributed by atoms with van der Waals surface area (Å²) in [4.78, 5) is 24.0. The zero-order valence-electron chi connectivity index (χ0n) is 10.5. The number of nitrogen functional groups attached to an aromatic ring is 1. The summed E-state index contributed by atoms with van der Waals surface area (Å²) in [6, 6.07) is 4.74. The molecule has 0 bridgehead atoms. The van der Waals surface area contributed by atoms with E-state index in [2.05, 4.69) is 20.3 Å². The third-order valence-electron chi connectivity index (χ3n) is 2.28. The van der Waals surface area contributed by atoms with Crippen LogP contribution in [0.1, 0.15) is 16.2 Å². The van der Waals surface area contributed by atoms with Crippen LogP contribution in [-0.2, 0) is 0 Å². The van der Waals surface area contributed by atoms with E-state index in [-0.39, 0.29) is 11.6 Å². The fourth-order valence-corrected chi connectivity index (χ4v) is 1.44. The number of nitrogens with one attached hydrogen (secondary N) is 1. The second-order valence-corrected chi connectivity index (χ2v) is 3.80. The Morgan fingerprint density at radius 2 is 2.16 bits per heavy atom. The van der Waals surface area contributed by atoms with Crippen molar-refractivity contribution in [2.24, 2.45) is 0 Å². The van der Waals surface area contributed by atoms with Gasteiger partial charge in [0, 0.05) is 23.6 Å². The largest absolute Gasteiger partial charge is 0.481 e. The van der Waals surface area contributed by atoms with Crippen LogP contribution in [0.4, 0.5) is 11.6 Å². The van der Waals surface area contributed by atoms with Gasteiger partial charge in [0.15, 0.2) is 0 Å². The fourth-order valence-electron chi connectivity index (χ4n) is 1.44. The van der Waals surface area contributed by atoms with Gasteiger partial charge in [-0.1, -0.05) is 0 Å². The summed E-state index contributed by atoms with van der Waals surface area (Å²) >= 11 is 0. The molecule has 7 heteroatoms. The predicted octanol–water partition coefficient (Wildman–Crippen LogP) is 1.02. The van der Waals surface area contributed by atoms with Gasteiger partial charge < -0.3 is 10.5 Å². The Labute approximate surface area is 109 Å². The highest BCUT2D eigenvalue weighted by Gasteiger charge is 2.10. The lowest BCUT2D eigenvalue weighted by Crippen LogP contribution is -2.16. The normalized spacial score (nSPS) is 10.0. The first-order chi connectivity index (χ1) is 9.08. The van der Waals surface area contributed by atoms with Crippen molar-refractivity contribution in [1.82, 2.24) is 15.0 Å². The summed E-state index contributed by atoms with van der Waals surface area (Å²) in [5, 5.41) is 2.54. The Bertz CT molecular complexity index is 615. The van der Waals surface area contributed by atoms with Crippen molar-refractivity contribution in [3.8, 4) is 5.88 Å². The maximum absolute atomic E-state index is 11.9. The predicted molar refractivity (Wildman–Crippen MR) is 69.9 cm³/mol. The van der Waals surface area contributed by atoms with Crippen molar-refractivity contribution < 1.29 is 9.53 Å². The number of aromatic nitrogens is 3. The van der Waals surface area contributed by atoms with E-state index in [1.54, 1.807) is 19.1 Å². The Kier molecular flexibility index (Phi) is 3.56. The summed E-state index contributed by atoms with van der Waals surface area (Å²) in [5.41, 5.74) is 6.93. The van der Waals surface area contributed by atoms with Crippen LogP contribution in [0.25, 0.3) is 0 Å². The Balaban J connectivity index is 2.21. The first-order valence-electron chi connectivity index (χ1n) is 5.51. The van der Waals surface area contributed by atoms with E-state index in [0.29, 0.717) is 17.3 Å². The Morgan fingerprint density at radius 3 is 2.84 bits per heavy atom. The zero-order valence-corrected chi connectivity index (χ0v) is 10.5. The van der Waals surface area contributed by atoms with Crippen LogP contribution in [0, 0.1) is 6.92 Å². The minimum absolute atomic E-state index is 0.158. The van der Waals surface area contributed by atoms with Gasteiger partial charge in [-0.05, 0) is 19.1 Å². The standard InChI is InChI=1S/C12H13N5O2/c1-7-5-10(19-2)16-12(15-7)17-11(18)9-6-8(13)3-4-14-9/h3-6H,1-2H3,(H2,13,14)(H,15,16,17,18). The van der Waals surface area contributed by atoms with Crippen LogP contribution in [0.3, 0.4) is 0 Å². The van der Waals surface area contributed by atoms with Gasteiger partial charge in [-0.15, -0.1) is 0 Å². The van der Waals surface area contributed by atoms with E-state index in [0.717, 1.165) is 0 Å². The molecule has 0 atom stereocenters. The monoisotopic (exact) mass is 259 g/mol. The molecule has 0 saturated carbocycles. The number of pyridine rings is 1. The van der Waals surface area contributed by atoms with Gasteiger partial charge in [0.05, 0.1) is 7.11 Å². The first kappa shape index (κ1) is 12.7. The van der Waals surface area contributed by atoms with Crippen molar-refractivity contribution in [3.05, 3.63) is 35.8 Å². The van der Waals surface area contributed by atoms with Crippen LogP contribution < -0.4 is 15.8 Å². The zero-order chi connectivity index (χ0) is 13.8. The molecule has 0 aliphatic carbocycles. The van der Waals surface area contributed by atoms with E-state index in [4.69, 9.17) is 10.5 Å². The summed E-state index contributed by atoms with van der Waals surface area (Å²) in [6.07, 6.45) is 1.46. The molecule has 0 unspecified atom stereocenters. The van der Waals surface area contributed by atoms with Crippen molar-refractivity contribution in [2.45, 2.75) is 6.92 Å². The van der Waals surface area contributed by atoms with Crippen LogP contribution in [0.2, 0.25) is 0 Å². The highest BCUT2D eigenvalue weighted by Crippen LogP contribution is 2.12. The number of anilines is 2. The number of ether oxygens (including phenoxy) is 1. The molecule has 2 aromatic heterocycles. The van der Waals surface area contributed by atoms with Crippen molar-refractivity contribution in [3.63, 3.8) is 0 Å². The van der Waals surface area contributed by atoms with E-state index in [9.17, 15) is 4.79 Å². The minimum Gasteiger partial charge on any atom is -0.481 e. The first-order valence-corrected chi connectivity index (χ1v) is 5.51. The van der Waals surface area contributed by atoms with Crippen LogP contribution in [0.5, 0.6) is 5.88 Å². The number of nitrogens with two attached hydrogens (primary N) is 1. The SMILES string of the molecule is COc1cc(C)nc(NC(=O)c2cc(N)ccn2)n1. The average molecular weight is 259 g/mol. The smallest absolute Gasteiger partial charge is 0.276 e. The molecule has 19 heavy (non-hydrogen) atoms. The van der Waals surface area contributed by atoms with Gasteiger partial charge in [0.25, 0.3) is 5.91 Å². The second kappa shape index (κ2) is 5.30. The lowest BCUT2D eigenvalue weighted by Gasteiger charge is -2.06. The molecule has 2 rings (SSSR count). The number of hydrogen-bond acceptors (Lipinski definition) is 6. The van der Waals surface area contributed by atoms with Gasteiger partial charge in [-0.25, -0.2) is 4.98 Å². The third-order valence-corrected chi connectivity index (χ3v) is 2.28. The molecule has 2 aromatic rings. The molecule has 3 N–H and O–H groups in total.